The molecule has 0 spiro atoms. The average molecular weight is 781 g/mol. The smallest absolute Gasteiger partial charge is 0.256 e. The van der Waals surface area contributed by atoms with Gasteiger partial charge in [0.05, 0.1) is 0 Å². The van der Waals surface area contributed by atoms with Crippen molar-refractivity contribution in [3.05, 3.63) is 223 Å². The fourth-order valence-corrected chi connectivity index (χ4v) is 10.2. The summed E-state index contributed by atoms with van der Waals surface area (Å²) in [7, 11) is 0. The molecule has 1 aliphatic carbocycles. The Morgan fingerprint density at radius 1 is 0.426 bits per heavy atom. The van der Waals surface area contributed by atoms with E-state index in [-0.39, 0.29) is 12.1 Å². The SMILES string of the molecule is CC1(C)c2cc(N(c3ccccc3)c3ccccc3)ccc2-c2cc3c(cc21)B1c2cc(-c4ccccc4)ccc2N(c2ccc(-c4ccccc4)cc2)c2cccc(c21)O3. The Labute approximate surface area is 357 Å². The van der Waals surface area contributed by atoms with Crippen LogP contribution in [0.4, 0.5) is 34.1 Å². The van der Waals surface area contributed by atoms with E-state index in [1.807, 2.05) is 0 Å². The highest BCUT2D eigenvalue weighted by Gasteiger charge is 2.45. The topological polar surface area (TPSA) is 15.7 Å². The molecule has 288 valence electrons. The van der Waals surface area contributed by atoms with Gasteiger partial charge in [-0.25, -0.2) is 0 Å². The molecule has 0 aromatic heterocycles. The molecule has 0 saturated carbocycles. The van der Waals surface area contributed by atoms with E-state index in [1.54, 1.807) is 0 Å². The molecule has 3 nitrogen and oxygen atoms in total. The van der Waals surface area contributed by atoms with Crippen LogP contribution in [0.2, 0.25) is 0 Å². The lowest BCUT2D eigenvalue weighted by molar-refractivity contribution is 0.487. The van der Waals surface area contributed by atoms with Gasteiger partial charge in [0.15, 0.2) is 0 Å². The lowest BCUT2D eigenvalue weighted by Crippen LogP contribution is -2.59. The normalized spacial score (nSPS) is 13.6. The van der Waals surface area contributed by atoms with Crippen LogP contribution in [-0.4, -0.2) is 6.71 Å². The predicted molar refractivity (Wildman–Crippen MR) is 255 cm³/mol. The molecule has 12 rings (SSSR count). The Bertz CT molecular complexity index is 3090. The molecular weight excluding hydrogens is 739 g/mol. The second-order valence-electron chi connectivity index (χ2n) is 16.9. The zero-order valence-corrected chi connectivity index (χ0v) is 34.1. The maximum absolute atomic E-state index is 7.07. The van der Waals surface area contributed by atoms with Crippen molar-refractivity contribution in [3.8, 4) is 44.9 Å². The maximum Gasteiger partial charge on any atom is 0.256 e. The predicted octanol–water partition coefficient (Wildman–Crippen LogP) is 13.2. The van der Waals surface area contributed by atoms with Gasteiger partial charge in [-0.15, -0.1) is 0 Å². The minimum absolute atomic E-state index is 0.0273. The van der Waals surface area contributed by atoms with E-state index < -0.39 is 0 Å². The summed E-state index contributed by atoms with van der Waals surface area (Å²) >= 11 is 0. The Hall–Kier alpha value is -7.56. The van der Waals surface area contributed by atoms with Crippen LogP contribution in [-0.2, 0) is 5.41 Å². The molecular formula is C57H41BN2O. The van der Waals surface area contributed by atoms with Crippen molar-refractivity contribution in [2.75, 3.05) is 9.80 Å². The van der Waals surface area contributed by atoms with Crippen molar-refractivity contribution < 1.29 is 4.74 Å². The minimum atomic E-state index is -0.259. The van der Waals surface area contributed by atoms with Crippen molar-refractivity contribution in [2.45, 2.75) is 19.3 Å². The van der Waals surface area contributed by atoms with Crippen molar-refractivity contribution >= 4 is 57.2 Å². The molecule has 9 aromatic rings. The summed E-state index contributed by atoms with van der Waals surface area (Å²) in [4.78, 5) is 4.79. The van der Waals surface area contributed by atoms with Crippen LogP contribution in [0.3, 0.4) is 0 Å². The van der Waals surface area contributed by atoms with Gasteiger partial charge >= 0.3 is 0 Å². The summed E-state index contributed by atoms with van der Waals surface area (Å²) in [6, 6.07) is 77.1. The van der Waals surface area contributed by atoms with Crippen molar-refractivity contribution in [2.24, 2.45) is 0 Å². The van der Waals surface area contributed by atoms with Crippen molar-refractivity contribution in [1.82, 2.24) is 0 Å². The van der Waals surface area contributed by atoms with Crippen LogP contribution >= 0.6 is 0 Å². The number of benzene rings is 9. The number of anilines is 6. The van der Waals surface area contributed by atoms with Gasteiger partial charge in [-0.2, -0.15) is 0 Å². The minimum Gasteiger partial charge on any atom is -0.458 e. The van der Waals surface area contributed by atoms with E-state index in [0.717, 1.165) is 39.9 Å². The van der Waals surface area contributed by atoms with Crippen molar-refractivity contribution in [3.63, 3.8) is 0 Å². The third kappa shape index (κ3) is 5.59. The molecule has 0 bridgehead atoms. The molecule has 0 saturated heterocycles. The first kappa shape index (κ1) is 35.4. The second-order valence-corrected chi connectivity index (χ2v) is 16.9. The van der Waals surface area contributed by atoms with Crippen LogP contribution in [0.15, 0.2) is 212 Å². The summed E-state index contributed by atoms with van der Waals surface area (Å²) in [5.74, 6) is 1.83. The molecule has 2 heterocycles. The largest absolute Gasteiger partial charge is 0.458 e. The Morgan fingerprint density at radius 3 is 1.69 bits per heavy atom. The number of hydrogen-bond acceptors (Lipinski definition) is 3. The van der Waals surface area contributed by atoms with Gasteiger partial charge in [0.1, 0.15) is 11.5 Å². The number of rotatable bonds is 6. The molecule has 61 heavy (non-hydrogen) atoms. The van der Waals surface area contributed by atoms with Crippen LogP contribution < -0.4 is 30.9 Å². The summed E-state index contributed by atoms with van der Waals surface area (Å²) in [6.07, 6.45) is 0. The number of nitrogens with zero attached hydrogens (tertiary/aromatic N) is 2. The standard InChI is InChI=1S/C57H41BN2O/c1-57(2)48-35-45(59(42-20-11-5-12-21-42)43-22-13-6-14-23-43)31-32-46(48)47-36-55-51(37-49(47)57)58-50-34-41(39-18-9-4-10-19-39)28-33-52(50)60(53-24-15-25-54(61-55)56(53)58)44-29-26-40(27-30-44)38-16-7-3-8-17-38/h3-37H,1-2H3. The highest BCUT2D eigenvalue weighted by molar-refractivity contribution is 6.99. The van der Waals surface area contributed by atoms with Crippen LogP contribution in [0.5, 0.6) is 11.5 Å². The number of hydrogen-bond donors (Lipinski definition) is 0. The highest BCUT2D eigenvalue weighted by Crippen LogP contribution is 2.52. The summed E-state index contributed by atoms with van der Waals surface area (Å²) in [5.41, 5.74) is 20.2. The van der Waals surface area contributed by atoms with E-state index in [4.69, 9.17) is 4.74 Å². The molecule has 3 aliphatic rings. The second kappa shape index (κ2) is 13.8. The quantitative estimate of drug-likeness (QED) is 0.156. The van der Waals surface area contributed by atoms with Gasteiger partial charge in [0.25, 0.3) is 6.71 Å². The van der Waals surface area contributed by atoms with Crippen LogP contribution in [0, 0.1) is 0 Å². The van der Waals surface area contributed by atoms with Gasteiger partial charge < -0.3 is 14.5 Å². The van der Waals surface area contributed by atoms with Crippen LogP contribution in [0.25, 0.3) is 33.4 Å². The van der Waals surface area contributed by atoms with E-state index in [9.17, 15) is 0 Å². The first-order valence-corrected chi connectivity index (χ1v) is 21.2. The molecule has 0 amide bonds. The van der Waals surface area contributed by atoms with Gasteiger partial charge in [0, 0.05) is 39.5 Å². The maximum atomic E-state index is 7.07. The van der Waals surface area contributed by atoms with Gasteiger partial charge in [-0.3, -0.25) is 0 Å². The van der Waals surface area contributed by atoms with Gasteiger partial charge in [-0.05, 0) is 134 Å². The zero-order chi connectivity index (χ0) is 40.7. The number of ether oxygens (including phenoxy) is 1. The van der Waals surface area contributed by atoms with Gasteiger partial charge in [0.2, 0.25) is 0 Å². The van der Waals surface area contributed by atoms with Gasteiger partial charge in [-0.1, -0.05) is 153 Å². The fourth-order valence-electron chi connectivity index (χ4n) is 10.2. The van der Waals surface area contributed by atoms with E-state index >= 15 is 0 Å². The third-order valence-corrected chi connectivity index (χ3v) is 13.1. The molecule has 4 heteroatoms. The van der Waals surface area contributed by atoms with E-state index in [1.165, 1.54) is 66.6 Å². The first-order chi connectivity index (χ1) is 30.0. The zero-order valence-electron chi connectivity index (χ0n) is 34.1. The monoisotopic (exact) mass is 780 g/mol. The molecule has 0 unspecified atom stereocenters. The molecule has 2 aliphatic heterocycles. The summed E-state index contributed by atoms with van der Waals surface area (Å²) < 4.78 is 7.07. The van der Waals surface area contributed by atoms with Crippen LogP contribution in [0.1, 0.15) is 25.0 Å². The average Bonchev–Trinajstić information content (AvgIpc) is 3.53. The lowest BCUT2D eigenvalue weighted by atomic mass is 9.34. The molecule has 0 N–H and O–H groups in total. The molecule has 9 aromatic carbocycles. The first-order valence-electron chi connectivity index (χ1n) is 21.2. The van der Waals surface area contributed by atoms with Crippen molar-refractivity contribution in [1.29, 1.82) is 0 Å². The highest BCUT2D eigenvalue weighted by atomic mass is 16.5. The molecule has 0 radical (unpaired) electrons. The Morgan fingerprint density at radius 2 is 1.02 bits per heavy atom. The Balaban J connectivity index is 1.02. The lowest BCUT2D eigenvalue weighted by Gasteiger charge is -2.40. The number of fused-ring (bicyclic) bond motifs is 7. The van der Waals surface area contributed by atoms with E-state index in [0.29, 0.717) is 0 Å². The summed E-state index contributed by atoms with van der Waals surface area (Å²) in [6.45, 7) is 4.74. The Kier molecular flexibility index (Phi) is 7.98. The summed E-state index contributed by atoms with van der Waals surface area (Å²) in [5, 5.41) is 0. The van der Waals surface area contributed by atoms with E-state index in [2.05, 4.69) is 236 Å². The fraction of sp³-hybridized carbons (Fsp3) is 0.0526. The molecule has 0 fully saturated rings. The third-order valence-electron chi connectivity index (χ3n) is 13.1. The molecule has 0 atom stereocenters. The number of para-hydroxylation sites is 2.